The summed E-state index contributed by atoms with van der Waals surface area (Å²) in [6.07, 6.45) is 0.690. The summed E-state index contributed by atoms with van der Waals surface area (Å²) in [5.41, 5.74) is 1.77. The van der Waals surface area contributed by atoms with Gasteiger partial charge in [-0.05, 0) is 43.5 Å². The first-order valence-corrected chi connectivity index (χ1v) is 7.73. The third-order valence-electron chi connectivity index (χ3n) is 3.02. The lowest BCUT2D eigenvalue weighted by atomic mass is 10.0. The van der Waals surface area contributed by atoms with E-state index in [0.29, 0.717) is 30.7 Å². The summed E-state index contributed by atoms with van der Waals surface area (Å²) in [5.74, 6) is -0.313. The first-order chi connectivity index (χ1) is 9.27. The molecule has 7 heteroatoms. The van der Waals surface area contributed by atoms with Crippen molar-refractivity contribution in [2.45, 2.75) is 25.2 Å². The number of amides is 1. The highest BCUT2D eigenvalue weighted by atomic mass is 32.2. The molecule has 0 aliphatic rings. The molecule has 0 atom stereocenters. The van der Waals surface area contributed by atoms with Crippen LogP contribution in [-0.4, -0.2) is 34.6 Å². The number of hydrogen-bond acceptors (Lipinski definition) is 4. The number of nitrogens with one attached hydrogen (secondary N) is 1. The van der Waals surface area contributed by atoms with Crippen molar-refractivity contribution in [1.29, 1.82) is 0 Å². The minimum atomic E-state index is -3.83. The Morgan fingerprint density at radius 3 is 2.55 bits per heavy atom. The van der Waals surface area contributed by atoms with Crippen LogP contribution in [0.2, 0.25) is 0 Å². The standard InChI is InChI=1S/C13H20N2O4S/c1-9-7-11(20(14,17)18)8-12(10(9)2)13(16)15-5-4-6-19-3/h7-8H,4-6H2,1-3H3,(H,15,16)(H2,14,17,18). The van der Waals surface area contributed by atoms with Crippen molar-refractivity contribution in [2.24, 2.45) is 5.14 Å². The third-order valence-corrected chi connectivity index (χ3v) is 3.92. The van der Waals surface area contributed by atoms with Gasteiger partial charge in [0.2, 0.25) is 10.0 Å². The molecule has 0 aliphatic carbocycles. The molecule has 20 heavy (non-hydrogen) atoms. The lowest BCUT2D eigenvalue weighted by Crippen LogP contribution is -2.26. The molecule has 0 aliphatic heterocycles. The molecule has 3 N–H and O–H groups in total. The van der Waals surface area contributed by atoms with Gasteiger partial charge in [0.15, 0.2) is 0 Å². The Labute approximate surface area is 119 Å². The van der Waals surface area contributed by atoms with Gasteiger partial charge in [-0.1, -0.05) is 0 Å². The molecule has 0 fully saturated rings. The van der Waals surface area contributed by atoms with Crippen molar-refractivity contribution >= 4 is 15.9 Å². The second kappa shape index (κ2) is 6.83. The summed E-state index contributed by atoms with van der Waals surface area (Å²) >= 11 is 0. The summed E-state index contributed by atoms with van der Waals surface area (Å²) in [6, 6.07) is 2.77. The van der Waals surface area contributed by atoms with Crippen molar-refractivity contribution in [2.75, 3.05) is 20.3 Å². The van der Waals surface area contributed by atoms with Gasteiger partial charge in [0.05, 0.1) is 4.90 Å². The van der Waals surface area contributed by atoms with Crippen molar-refractivity contribution < 1.29 is 17.9 Å². The minimum absolute atomic E-state index is 0.0531. The van der Waals surface area contributed by atoms with E-state index in [1.54, 1.807) is 21.0 Å². The van der Waals surface area contributed by atoms with Crippen LogP contribution in [0, 0.1) is 13.8 Å². The first-order valence-electron chi connectivity index (χ1n) is 6.18. The Morgan fingerprint density at radius 1 is 1.35 bits per heavy atom. The topological polar surface area (TPSA) is 98.5 Å². The van der Waals surface area contributed by atoms with Crippen LogP contribution < -0.4 is 10.5 Å². The van der Waals surface area contributed by atoms with Crippen LogP contribution in [0.3, 0.4) is 0 Å². The van der Waals surface area contributed by atoms with Crippen molar-refractivity contribution in [3.05, 3.63) is 28.8 Å². The number of hydrogen-bond donors (Lipinski definition) is 2. The molecule has 0 radical (unpaired) electrons. The van der Waals surface area contributed by atoms with E-state index >= 15 is 0 Å². The maximum absolute atomic E-state index is 12.1. The number of ether oxygens (including phenoxy) is 1. The SMILES string of the molecule is COCCCNC(=O)c1cc(S(N)(=O)=O)cc(C)c1C. The van der Waals surface area contributed by atoms with Gasteiger partial charge >= 0.3 is 0 Å². The average Bonchev–Trinajstić information content (AvgIpc) is 2.36. The molecule has 0 heterocycles. The number of aryl methyl sites for hydroxylation is 1. The minimum Gasteiger partial charge on any atom is -0.385 e. The molecule has 112 valence electrons. The Kier molecular flexibility index (Phi) is 5.67. The zero-order chi connectivity index (χ0) is 15.3. The largest absolute Gasteiger partial charge is 0.385 e. The Bertz CT molecular complexity index is 597. The summed E-state index contributed by atoms with van der Waals surface area (Å²) in [4.78, 5) is 12.0. The molecule has 0 unspecified atom stereocenters. The number of rotatable bonds is 6. The van der Waals surface area contributed by atoms with Gasteiger partial charge in [-0.25, -0.2) is 13.6 Å². The summed E-state index contributed by atoms with van der Waals surface area (Å²) in [5, 5.41) is 7.83. The van der Waals surface area contributed by atoms with E-state index in [0.717, 1.165) is 5.56 Å². The number of primary sulfonamides is 1. The van der Waals surface area contributed by atoms with E-state index in [2.05, 4.69) is 5.32 Å². The van der Waals surface area contributed by atoms with E-state index in [1.165, 1.54) is 12.1 Å². The Balaban J connectivity index is 2.99. The van der Waals surface area contributed by atoms with Crippen LogP contribution in [0.4, 0.5) is 0 Å². The molecule has 0 saturated carbocycles. The predicted octanol–water partition coefficient (Wildman–Crippen LogP) is 0.717. The van der Waals surface area contributed by atoms with E-state index in [1.807, 2.05) is 0 Å². The van der Waals surface area contributed by atoms with Gasteiger partial charge in [0, 0.05) is 25.8 Å². The predicted molar refractivity (Wildman–Crippen MR) is 76.1 cm³/mol. The van der Waals surface area contributed by atoms with Gasteiger partial charge in [-0.3, -0.25) is 4.79 Å². The lowest BCUT2D eigenvalue weighted by Gasteiger charge is -2.11. The highest BCUT2D eigenvalue weighted by molar-refractivity contribution is 7.89. The van der Waals surface area contributed by atoms with E-state index in [4.69, 9.17) is 9.88 Å². The normalized spacial score (nSPS) is 11.4. The monoisotopic (exact) mass is 300 g/mol. The number of methoxy groups -OCH3 is 1. The van der Waals surface area contributed by atoms with Crippen LogP contribution >= 0.6 is 0 Å². The fraction of sp³-hybridized carbons (Fsp3) is 0.462. The second-order valence-electron chi connectivity index (χ2n) is 4.56. The number of benzene rings is 1. The Hall–Kier alpha value is -1.44. The van der Waals surface area contributed by atoms with Crippen LogP contribution in [-0.2, 0) is 14.8 Å². The maximum Gasteiger partial charge on any atom is 0.251 e. The van der Waals surface area contributed by atoms with E-state index in [9.17, 15) is 13.2 Å². The van der Waals surface area contributed by atoms with Gasteiger partial charge in [0.25, 0.3) is 5.91 Å². The summed E-state index contributed by atoms with van der Waals surface area (Å²) < 4.78 is 27.7. The number of carbonyl (C=O) groups excluding carboxylic acids is 1. The zero-order valence-corrected chi connectivity index (χ0v) is 12.7. The number of nitrogens with two attached hydrogens (primary N) is 1. The zero-order valence-electron chi connectivity index (χ0n) is 11.9. The van der Waals surface area contributed by atoms with Crippen LogP contribution in [0.15, 0.2) is 17.0 Å². The van der Waals surface area contributed by atoms with Crippen molar-refractivity contribution in [1.82, 2.24) is 5.32 Å². The lowest BCUT2D eigenvalue weighted by molar-refractivity contribution is 0.0947. The second-order valence-corrected chi connectivity index (χ2v) is 6.12. The summed E-state index contributed by atoms with van der Waals surface area (Å²) in [7, 11) is -2.24. The van der Waals surface area contributed by atoms with Gasteiger partial charge in [-0.2, -0.15) is 0 Å². The van der Waals surface area contributed by atoms with Gasteiger partial charge in [-0.15, -0.1) is 0 Å². The van der Waals surface area contributed by atoms with Crippen molar-refractivity contribution in [3.8, 4) is 0 Å². The van der Waals surface area contributed by atoms with Crippen LogP contribution in [0.25, 0.3) is 0 Å². The third kappa shape index (κ3) is 4.29. The highest BCUT2D eigenvalue weighted by Gasteiger charge is 2.16. The highest BCUT2D eigenvalue weighted by Crippen LogP contribution is 2.19. The number of sulfonamides is 1. The fourth-order valence-corrected chi connectivity index (χ4v) is 2.36. The van der Waals surface area contributed by atoms with E-state index in [-0.39, 0.29) is 10.8 Å². The molecule has 1 aromatic carbocycles. The molecular formula is C13H20N2O4S. The molecule has 0 aromatic heterocycles. The smallest absolute Gasteiger partial charge is 0.251 e. The van der Waals surface area contributed by atoms with Gasteiger partial charge < -0.3 is 10.1 Å². The molecule has 1 aromatic rings. The average molecular weight is 300 g/mol. The quantitative estimate of drug-likeness (QED) is 0.756. The fourth-order valence-electron chi connectivity index (χ4n) is 1.74. The first kappa shape index (κ1) is 16.6. The van der Waals surface area contributed by atoms with Crippen molar-refractivity contribution in [3.63, 3.8) is 0 Å². The molecule has 1 rings (SSSR count). The maximum atomic E-state index is 12.1. The van der Waals surface area contributed by atoms with Gasteiger partial charge in [0.1, 0.15) is 0 Å². The Morgan fingerprint density at radius 2 is 2.00 bits per heavy atom. The summed E-state index contributed by atoms with van der Waals surface area (Å²) in [6.45, 7) is 4.53. The molecule has 1 amide bonds. The molecule has 0 bridgehead atoms. The molecule has 6 nitrogen and oxygen atoms in total. The molecule has 0 saturated heterocycles. The van der Waals surface area contributed by atoms with Crippen LogP contribution in [0.1, 0.15) is 27.9 Å². The molecule has 0 spiro atoms. The van der Waals surface area contributed by atoms with E-state index < -0.39 is 10.0 Å². The van der Waals surface area contributed by atoms with Crippen LogP contribution in [0.5, 0.6) is 0 Å². The number of carbonyl (C=O) groups is 1. The molecular weight excluding hydrogens is 280 g/mol.